The summed E-state index contributed by atoms with van der Waals surface area (Å²) in [5.41, 5.74) is 1.55. The third-order valence-corrected chi connectivity index (χ3v) is 6.67. The van der Waals surface area contributed by atoms with Gasteiger partial charge in [-0.05, 0) is 62.8 Å². The molecule has 28 heavy (non-hydrogen) atoms. The van der Waals surface area contributed by atoms with Gasteiger partial charge in [-0.25, -0.2) is 13.1 Å². The molecule has 0 aliphatic carbocycles. The van der Waals surface area contributed by atoms with Crippen LogP contribution >= 0.6 is 11.3 Å². The lowest BCUT2D eigenvalue weighted by atomic mass is 10.1. The van der Waals surface area contributed by atoms with E-state index >= 15 is 0 Å². The van der Waals surface area contributed by atoms with Crippen LogP contribution in [0.2, 0.25) is 0 Å². The zero-order valence-corrected chi connectivity index (χ0v) is 18.4. The summed E-state index contributed by atoms with van der Waals surface area (Å²) >= 11 is 1.58. The highest BCUT2D eigenvalue weighted by molar-refractivity contribution is 7.92. The first-order valence-electron chi connectivity index (χ1n) is 9.47. The van der Waals surface area contributed by atoms with Gasteiger partial charge in [0, 0.05) is 6.07 Å². The number of hydrogen-bond acceptors (Lipinski definition) is 4. The normalized spacial score (nSPS) is 12.3. The molecule has 0 amide bonds. The van der Waals surface area contributed by atoms with Crippen molar-refractivity contribution in [2.24, 2.45) is 0 Å². The minimum absolute atomic E-state index is 0.257. The van der Waals surface area contributed by atoms with E-state index in [1.165, 1.54) is 0 Å². The second-order valence-electron chi connectivity index (χ2n) is 7.83. The van der Waals surface area contributed by atoms with E-state index in [-0.39, 0.29) is 10.4 Å². The molecule has 2 aromatic heterocycles. The average molecular weight is 418 g/mol. The third kappa shape index (κ3) is 4.64. The maximum absolute atomic E-state index is 13.0. The van der Waals surface area contributed by atoms with Crippen molar-refractivity contribution in [1.82, 2.24) is 9.78 Å². The van der Waals surface area contributed by atoms with Crippen molar-refractivity contribution in [2.75, 3.05) is 4.72 Å². The van der Waals surface area contributed by atoms with E-state index in [0.29, 0.717) is 5.82 Å². The number of hydrogen-bond donors (Lipinski definition) is 1. The summed E-state index contributed by atoms with van der Waals surface area (Å²) in [4.78, 5) is 1.26. The summed E-state index contributed by atoms with van der Waals surface area (Å²) < 4.78 is 30.4. The average Bonchev–Trinajstić information content (AvgIpc) is 3.29. The van der Waals surface area contributed by atoms with Crippen LogP contribution in [-0.2, 0) is 22.0 Å². The number of sulfonamides is 1. The van der Waals surface area contributed by atoms with Crippen LogP contribution in [0.4, 0.5) is 5.82 Å². The molecule has 7 heteroatoms. The Kier molecular flexibility index (Phi) is 5.95. The second kappa shape index (κ2) is 8.09. The zero-order chi connectivity index (χ0) is 20.4. The van der Waals surface area contributed by atoms with Gasteiger partial charge in [0.15, 0.2) is 0 Å². The van der Waals surface area contributed by atoms with Gasteiger partial charge in [-0.3, -0.25) is 4.72 Å². The van der Waals surface area contributed by atoms with E-state index in [1.54, 1.807) is 34.2 Å². The Hall–Kier alpha value is -2.12. The Morgan fingerprint density at radius 2 is 1.86 bits per heavy atom. The minimum Gasteiger partial charge on any atom is -0.264 e. The number of rotatable bonds is 7. The van der Waals surface area contributed by atoms with Gasteiger partial charge >= 0.3 is 0 Å². The van der Waals surface area contributed by atoms with Crippen LogP contribution in [0.15, 0.2) is 52.7 Å². The largest absolute Gasteiger partial charge is 0.264 e. The quantitative estimate of drug-likeness (QED) is 0.551. The summed E-state index contributed by atoms with van der Waals surface area (Å²) in [6, 6.07) is 12.9. The lowest BCUT2D eigenvalue weighted by Gasteiger charge is -2.22. The third-order valence-electron chi connectivity index (χ3n) is 4.41. The number of thiophene rings is 1. The number of anilines is 1. The Labute approximate surface area is 171 Å². The molecule has 0 aliphatic heterocycles. The molecule has 0 radical (unpaired) electrons. The molecule has 0 unspecified atom stereocenters. The summed E-state index contributed by atoms with van der Waals surface area (Å²) in [7, 11) is -3.70. The highest BCUT2D eigenvalue weighted by Gasteiger charge is 2.24. The first-order valence-corrected chi connectivity index (χ1v) is 11.8. The molecular weight excluding hydrogens is 390 g/mol. The molecule has 0 saturated heterocycles. The van der Waals surface area contributed by atoms with E-state index in [0.717, 1.165) is 35.4 Å². The minimum atomic E-state index is -3.70. The van der Waals surface area contributed by atoms with Crippen LogP contribution in [0, 0.1) is 0 Å². The first kappa shape index (κ1) is 20.6. The molecule has 1 aromatic carbocycles. The van der Waals surface area contributed by atoms with Crippen LogP contribution in [0.25, 0.3) is 10.6 Å². The number of aromatic nitrogens is 2. The smallest absolute Gasteiger partial charge is 0.263 e. The van der Waals surface area contributed by atoms with Crippen LogP contribution in [0.3, 0.4) is 0 Å². The summed E-state index contributed by atoms with van der Waals surface area (Å²) in [5.74, 6) is 0.464. The summed E-state index contributed by atoms with van der Waals surface area (Å²) in [6.45, 7) is 8.14. The maximum atomic E-state index is 13.0. The van der Waals surface area contributed by atoms with Gasteiger partial charge in [-0.15, -0.1) is 11.3 Å². The maximum Gasteiger partial charge on any atom is 0.263 e. The van der Waals surface area contributed by atoms with E-state index in [2.05, 4.69) is 16.7 Å². The van der Waals surface area contributed by atoms with Crippen LogP contribution in [-0.4, -0.2) is 18.2 Å². The van der Waals surface area contributed by atoms with Crippen molar-refractivity contribution in [3.8, 4) is 10.6 Å². The molecule has 0 saturated carbocycles. The van der Waals surface area contributed by atoms with E-state index < -0.39 is 10.0 Å². The van der Waals surface area contributed by atoms with Crippen LogP contribution in [0.1, 0.15) is 46.1 Å². The molecule has 3 aromatic rings. The Morgan fingerprint density at radius 3 is 2.43 bits per heavy atom. The van der Waals surface area contributed by atoms with Crippen molar-refractivity contribution in [3.05, 3.63) is 53.4 Å². The van der Waals surface area contributed by atoms with Gasteiger partial charge in [0.25, 0.3) is 10.0 Å². The summed E-state index contributed by atoms with van der Waals surface area (Å²) in [6.07, 6.45) is 3.18. The van der Waals surface area contributed by atoms with Crippen molar-refractivity contribution >= 4 is 27.2 Å². The lowest BCUT2D eigenvalue weighted by molar-refractivity contribution is 0.362. The number of unbranched alkanes of at least 4 members (excludes halogenated alkanes) is 1. The highest BCUT2D eigenvalue weighted by atomic mass is 32.2. The Morgan fingerprint density at radius 1 is 1.14 bits per heavy atom. The zero-order valence-electron chi connectivity index (χ0n) is 16.8. The van der Waals surface area contributed by atoms with Gasteiger partial charge < -0.3 is 0 Å². The standard InChI is InChI=1S/C21H27N3O2S2/c1-5-6-8-16-10-12-17(13-11-16)28(25,26)23-20-15-18(19-9-7-14-27-19)22-24(20)21(2,3)4/h7,9-15,23H,5-6,8H2,1-4H3. The highest BCUT2D eigenvalue weighted by Crippen LogP contribution is 2.30. The van der Waals surface area contributed by atoms with Gasteiger partial charge in [0.05, 0.1) is 15.3 Å². The van der Waals surface area contributed by atoms with Crippen molar-refractivity contribution in [3.63, 3.8) is 0 Å². The number of benzene rings is 1. The molecule has 3 rings (SSSR count). The fraction of sp³-hybridized carbons (Fsp3) is 0.381. The van der Waals surface area contributed by atoms with Gasteiger partial charge in [0.1, 0.15) is 11.5 Å². The van der Waals surface area contributed by atoms with E-state index in [4.69, 9.17) is 0 Å². The van der Waals surface area contributed by atoms with Gasteiger partial charge in [-0.2, -0.15) is 5.10 Å². The molecule has 1 N–H and O–H groups in total. The SMILES string of the molecule is CCCCc1ccc(S(=O)(=O)Nc2cc(-c3cccs3)nn2C(C)(C)C)cc1. The van der Waals surface area contributed by atoms with Crippen molar-refractivity contribution < 1.29 is 8.42 Å². The molecular formula is C21H27N3O2S2. The lowest BCUT2D eigenvalue weighted by Crippen LogP contribution is -2.26. The molecule has 0 spiro atoms. The fourth-order valence-electron chi connectivity index (χ4n) is 2.92. The van der Waals surface area contributed by atoms with Gasteiger partial charge in [-0.1, -0.05) is 31.5 Å². The summed E-state index contributed by atoms with van der Waals surface area (Å²) in [5, 5.41) is 6.63. The van der Waals surface area contributed by atoms with E-state index in [1.807, 2.05) is 50.4 Å². The van der Waals surface area contributed by atoms with E-state index in [9.17, 15) is 8.42 Å². The fourth-order valence-corrected chi connectivity index (χ4v) is 4.64. The predicted molar refractivity (Wildman–Crippen MR) is 116 cm³/mol. The second-order valence-corrected chi connectivity index (χ2v) is 10.5. The first-order chi connectivity index (χ1) is 13.2. The van der Waals surface area contributed by atoms with Crippen LogP contribution in [0.5, 0.6) is 0 Å². The van der Waals surface area contributed by atoms with Crippen molar-refractivity contribution in [1.29, 1.82) is 0 Å². The monoisotopic (exact) mass is 417 g/mol. The molecule has 0 atom stereocenters. The number of nitrogens with zero attached hydrogens (tertiary/aromatic N) is 2. The molecule has 150 valence electrons. The Balaban J connectivity index is 1.91. The Bertz CT molecular complexity index is 1010. The topological polar surface area (TPSA) is 64.0 Å². The number of nitrogens with one attached hydrogen (secondary N) is 1. The molecule has 0 fully saturated rings. The molecule has 5 nitrogen and oxygen atoms in total. The van der Waals surface area contributed by atoms with Crippen LogP contribution < -0.4 is 4.72 Å². The molecule has 0 bridgehead atoms. The predicted octanol–water partition coefficient (Wildman–Crippen LogP) is 5.51. The van der Waals surface area contributed by atoms with Crippen molar-refractivity contribution in [2.45, 2.75) is 57.4 Å². The van der Waals surface area contributed by atoms with Gasteiger partial charge in [0.2, 0.25) is 0 Å². The molecule has 0 aliphatic rings. The number of aryl methyl sites for hydroxylation is 1. The molecule has 2 heterocycles.